The first-order valence-corrected chi connectivity index (χ1v) is 7.67. The lowest BCUT2D eigenvalue weighted by atomic mass is 10.0. The van der Waals surface area contributed by atoms with Crippen LogP contribution in [0.5, 0.6) is 0 Å². The van der Waals surface area contributed by atoms with Gasteiger partial charge in [-0.3, -0.25) is 4.79 Å². The van der Waals surface area contributed by atoms with Crippen LogP contribution >= 0.6 is 0 Å². The van der Waals surface area contributed by atoms with Gasteiger partial charge in [-0.2, -0.15) is 0 Å². The summed E-state index contributed by atoms with van der Waals surface area (Å²) in [6, 6.07) is 13.6. The monoisotopic (exact) mass is 345 g/mol. The van der Waals surface area contributed by atoms with Crippen molar-refractivity contribution in [2.75, 3.05) is 0 Å². The second-order valence-electron chi connectivity index (χ2n) is 5.45. The minimum Gasteiger partial charge on any atom is -0.477 e. The number of aromatic nitrogens is 3. The van der Waals surface area contributed by atoms with Crippen molar-refractivity contribution in [1.29, 1.82) is 0 Å². The first-order chi connectivity index (χ1) is 12.7. The molecule has 4 aromatic rings. The Bertz CT molecular complexity index is 1170. The predicted molar refractivity (Wildman–Crippen MR) is 93.7 cm³/mol. The summed E-state index contributed by atoms with van der Waals surface area (Å²) < 4.78 is 5.83. The highest BCUT2D eigenvalue weighted by atomic mass is 16.4. The molecular weight excluding hydrogens is 334 g/mol. The maximum absolute atomic E-state index is 13.0. The lowest BCUT2D eigenvalue weighted by molar-refractivity contribution is 0.0694. The molecule has 0 aliphatic carbocycles. The van der Waals surface area contributed by atoms with Crippen LogP contribution in [0.3, 0.4) is 0 Å². The van der Waals surface area contributed by atoms with E-state index in [9.17, 15) is 14.7 Å². The molecule has 0 spiro atoms. The Morgan fingerprint density at radius 2 is 1.69 bits per heavy atom. The summed E-state index contributed by atoms with van der Waals surface area (Å²) in [5.41, 5.74) is 0.0887. The number of carboxylic acid groups (broad SMARTS) is 1. The van der Waals surface area contributed by atoms with Gasteiger partial charge in [-0.05, 0) is 6.07 Å². The van der Waals surface area contributed by atoms with Crippen molar-refractivity contribution in [1.82, 2.24) is 15.0 Å². The van der Waals surface area contributed by atoms with Crippen LogP contribution in [0.1, 0.15) is 10.4 Å². The highest BCUT2D eigenvalue weighted by molar-refractivity contribution is 6.01. The molecule has 0 amide bonds. The van der Waals surface area contributed by atoms with Crippen LogP contribution in [0.25, 0.3) is 33.7 Å². The number of hydrogen-bond donors (Lipinski definition) is 1. The number of fused-ring (bicyclic) bond motifs is 1. The van der Waals surface area contributed by atoms with Crippen molar-refractivity contribution in [3.05, 3.63) is 77.0 Å². The highest BCUT2D eigenvalue weighted by Gasteiger charge is 2.23. The fourth-order valence-electron chi connectivity index (χ4n) is 2.79. The standard InChI is InChI=1S/C19H11N3O4/c23-16-14-12(18-21-9-20-10-22-18)7-4-8-13(14)26-17(15(16)19(24)25)11-5-2-1-3-6-11/h1-10H,(H,24,25). The van der Waals surface area contributed by atoms with Gasteiger partial charge in [0.05, 0.1) is 5.39 Å². The zero-order valence-corrected chi connectivity index (χ0v) is 13.3. The molecule has 0 saturated carbocycles. The number of hydrogen-bond acceptors (Lipinski definition) is 6. The van der Waals surface area contributed by atoms with Crippen molar-refractivity contribution in [2.24, 2.45) is 0 Å². The first kappa shape index (κ1) is 15.6. The van der Waals surface area contributed by atoms with E-state index in [-0.39, 0.29) is 22.6 Å². The lowest BCUT2D eigenvalue weighted by Gasteiger charge is -2.09. The van der Waals surface area contributed by atoms with Gasteiger partial charge in [0.15, 0.2) is 17.1 Å². The third-order valence-corrected chi connectivity index (χ3v) is 3.90. The van der Waals surface area contributed by atoms with Gasteiger partial charge in [-0.15, -0.1) is 0 Å². The van der Waals surface area contributed by atoms with Crippen molar-refractivity contribution >= 4 is 16.9 Å². The molecule has 4 rings (SSSR count). The lowest BCUT2D eigenvalue weighted by Crippen LogP contribution is -2.17. The summed E-state index contributed by atoms with van der Waals surface area (Å²) >= 11 is 0. The first-order valence-electron chi connectivity index (χ1n) is 7.67. The van der Waals surface area contributed by atoms with E-state index >= 15 is 0 Å². The molecule has 0 radical (unpaired) electrons. The van der Waals surface area contributed by atoms with E-state index in [4.69, 9.17) is 4.42 Å². The van der Waals surface area contributed by atoms with Crippen molar-refractivity contribution in [2.45, 2.75) is 0 Å². The fourth-order valence-corrected chi connectivity index (χ4v) is 2.79. The van der Waals surface area contributed by atoms with E-state index in [2.05, 4.69) is 15.0 Å². The molecule has 2 aromatic heterocycles. The maximum Gasteiger partial charge on any atom is 0.343 e. The zero-order chi connectivity index (χ0) is 18.1. The van der Waals surface area contributed by atoms with Gasteiger partial charge in [-0.1, -0.05) is 42.5 Å². The molecule has 26 heavy (non-hydrogen) atoms. The van der Waals surface area contributed by atoms with Gasteiger partial charge >= 0.3 is 5.97 Å². The summed E-state index contributed by atoms with van der Waals surface area (Å²) in [5.74, 6) is -1.07. The maximum atomic E-state index is 13.0. The normalized spacial score (nSPS) is 10.8. The highest BCUT2D eigenvalue weighted by Crippen LogP contribution is 2.29. The Morgan fingerprint density at radius 3 is 2.38 bits per heavy atom. The third kappa shape index (κ3) is 2.51. The van der Waals surface area contributed by atoms with Crippen molar-refractivity contribution < 1.29 is 14.3 Å². The van der Waals surface area contributed by atoms with E-state index in [0.717, 1.165) is 0 Å². The fraction of sp³-hybridized carbons (Fsp3) is 0. The quantitative estimate of drug-likeness (QED) is 0.608. The molecule has 2 heterocycles. The van der Waals surface area contributed by atoms with Gasteiger partial charge in [0.1, 0.15) is 18.2 Å². The Hall–Kier alpha value is -3.87. The molecule has 0 unspecified atom stereocenters. The molecule has 0 aliphatic rings. The third-order valence-electron chi connectivity index (χ3n) is 3.90. The summed E-state index contributed by atoms with van der Waals surface area (Å²) in [4.78, 5) is 36.7. The van der Waals surface area contributed by atoms with Gasteiger partial charge < -0.3 is 9.52 Å². The van der Waals surface area contributed by atoms with E-state index in [0.29, 0.717) is 11.1 Å². The summed E-state index contributed by atoms with van der Waals surface area (Å²) in [6.07, 6.45) is 2.61. The number of rotatable bonds is 3. The van der Waals surface area contributed by atoms with Crippen molar-refractivity contribution in [3.8, 4) is 22.7 Å². The van der Waals surface area contributed by atoms with Gasteiger partial charge in [0.2, 0.25) is 5.43 Å². The van der Waals surface area contributed by atoms with Crippen molar-refractivity contribution in [3.63, 3.8) is 0 Å². The second-order valence-corrected chi connectivity index (χ2v) is 5.45. The van der Waals surface area contributed by atoms with Crippen LogP contribution in [-0.2, 0) is 0 Å². The van der Waals surface area contributed by atoms with Crippen LogP contribution in [0, 0.1) is 0 Å². The Morgan fingerprint density at radius 1 is 0.962 bits per heavy atom. The summed E-state index contributed by atoms with van der Waals surface area (Å²) in [6.45, 7) is 0. The van der Waals surface area contributed by atoms with E-state index in [1.807, 2.05) is 0 Å². The number of nitrogens with zero attached hydrogens (tertiary/aromatic N) is 3. The number of carboxylic acids is 1. The van der Waals surface area contributed by atoms with Crippen LogP contribution < -0.4 is 5.43 Å². The predicted octanol–water partition coefficient (Wildman–Crippen LogP) is 3.01. The van der Waals surface area contributed by atoms with Crippen LogP contribution in [-0.4, -0.2) is 26.0 Å². The molecule has 0 bridgehead atoms. The average molecular weight is 345 g/mol. The summed E-state index contributed by atoms with van der Waals surface area (Å²) in [5, 5.41) is 9.75. The van der Waals surface area contributed by atoms with Crippen LogP contribution in [0.2, 0.25) is 0 Å². The van der Waals surface area contributed by atoms with Crippen LogP contribution in [0.15, 0.2) is 70.4 Å². The molecule has 0 saturated heterocycles. The number of benzene rings is 2. The molecule has 0 atom stereocenters. The number of aromatic carboxylic acids is 1. The molecule has 7 heteroatoms. The Balaban J connectivity index is 2.12. The molecule has 0 fully saturated rings. The number of carbonyl (C=O) groups is 1. The Kier molecular flexibility index (Phi) is 3.74. The molecular formula is C19H11N3O4. The Labute approximate surface area is 146 Å². The zero-order valence-electron chi connectivity index (χ0n) is 13.3. The van der Waals surface area contributed by atoms with E-state index < -0.39 is 17.0 Å². The molecule has 1 N–H and O–H groups in total. The van der Waals surface area contributed by atoms with Crippen LogP contribution in [0.4, 0.5) is 0 Å². The molecule has 126 valence electrons. The second kappa shape index (κ2) is 6.21. The summed E-state index contributed by atoms with van der Waals surface area (Å²) in [7, 11) is 0. The van der Waals surface area contributed by atoms with E-state index in [1.165, 1.54) is 12.7 Å². The average Bonchev–Trinajstić information content (AvgIpc) is 2.68. The minimum atomic E-state index is -1.36. The topological polar surface area (TPSA) is 106 Å². The smallest absolute Gasteiger partial charge is 0.343 e. The molecule has 0 aliphatic heterocycles. The minimum absolute atomic E-state index is 0.0170. The SMILES string of the molecule is O=C(O)c1c(-c2ccccc2)oc2cccc(-c3ncncn3)c2c1=O. The van der Waals surface area contributed by atoms with Gasteiger partial charge in [0, 0.05) is 11.1 Å². The molecule has 7 nitrogen and oxygen atoms in total. The van der Waals surface area contributed by atoms with Gasteiger partial charge in [0.25, 0.3) is 0 Å². The van der Waals surface area contributed by atoms with E-state index in [1.54, 1.807) is 48.5 Å². The largest absolute Gasteiger partial charge is 0.477 e. The van der Waals surface area contributed by atoms with Gasteiger partial charge in [-0.25, -0.2) is 19.7 Å². The molecule has 2 aromatic carbocycles.